The largest absolute Gasteiger partial charge is 0.481 e. The molecule has 2 unspecified atom stereocenters. The number of hydrogen-bond donors (Lipinski definition) is 3. The molecule has 0 fully saturated rings. The van der Waals surface area contributed by atoms with E-state index in [1.54, 1.807) is 6.26 Å². The topological polar surface area (TPSA) is 95.5 Å². The lowest BCUT2D eigenvalue weighted by Gasteiger charge is -2.13. The molecule has 0 aromatic rings. The van der Waals surface area contributed by atoms with Crippen molar-refractivity contribution in [3.05, 3.63) is 0 Å². The zero-order valence-corrected chi connectivity index (χ0v) is 11.7. The van der Waals surface area contributed by atoms with Crippen LogP contribution in [0.25, 0.3) is 0 Å². The molecule has 3 N–H and O–H groups in total. The molecule has 0 aromatic heterocycles. The zero-order chi connectivity index (χ0) is 14.0. The van der Waals surface area contributed by atoms with Crippen LogP contribution >= 0.6 is 0 Å². The summed E-state index contributed by atoms with van der Waals surface area (Å²) in [6, 6.07) is -0.285. The molecule has 18 heavy (non-hydrogen) atoms. The van der Waals surface area contributed by atoms with E-state index in [0.717, 1.165) is 0 Å². The molecule has 0 aliphatic rings. The first-order chi connectivity index (χ1) is 8.41. The number of carbonyl (C=O) groups is 2. The fourth-order valence-corrected chi connectivity index (χ4v) is 1.98. The van der Waals surface area contributed by atoms with Gasteiger partial charge in [0, 0.05) is 41.8 Å². The van der Waals surface area contributed by atoms with Crippen molar-refractivity contribution in [3.63, 3.8) is 0 Å². The van der Waals surface area contributed by atoms with Crippen LogP contribution in [0.3, 0.4) is 0 Å². The van der Waals surface area contributed by atoms with E-state index in [1.807, 2.05) is 6.92 Å². The van der Waals surface area contributed by atoms with Crippen molar-refractivity contribution < 1.29 is 18.9 Å². The number of carboxylic acids is 1. The van der Waals surface area contributed by atoms with Crippen molar-refractivity contribution in [2.75, 3.05) is 18.6 Å². The standard InChI is InChI=1S/C11H22N2O4S/c1-9(6-8-18(2)17)13-11(16)12-7-4-3-5-10(14)15/h9H,3-8H2,1-2H3,(H,14,15)(H2,12,13,16). The molecule has 0 aliphatic heterocycles. The van der Waals surface area contributed by atoms with Crippen LogP contribution in [0.5, 0.6) is 0 Å². The Labute approximate surface area is 110 Å². The first kappa shape index (κ1) is 16.9. The molecule has 106 valence electrons. The van der Waals surface area contributed by atoms with Gasteiger partial charge >= 0.3 is 12.0 Å². The van der Waals surface area contributed by atoms with Crippen molar-refractivity contribution in [1.29, 1.82) is 0 Å². The van der Waals surface area contributed by atoms with Gasteiger partial charge in [-0.25, -0.2) is 4.79 Å². The Hall–Kier alpha value is -1.11. The molecule has 0 spiro atoms. The van der Waals surface area contributed by atoms with E-state index >= 15 is 0 Å². The lowest BCUT2D eigenvalue weighted by atomic mass is 10.2. The smallest absolute Gasteiger partial charge is 0.314 e. The third-order valence-electron chi connectivity index (χ3n) is 2.32. The molecule has 0 bridgehead atoms. The van der Waals surface area contributed by atoms with Crippen LogP contribution in [0.2, 0.25) is 0 Å². The number of urea groups is 1. The normalized spacial score (nSPS) is 13.7. The number of nitrogens with one attached hydrogen (secondary N) is 2. The van der Waals surface area contributed by atoms with Gasteiger partial charge in [-0.3, -0.25) is 9.00 Å². The Kier molecular flexibility index (Phi) is 9.26. The third-order valence-corrected chi connectivity index (χ3v) is 3.13. The van der Waals surface area contributed by atoms with Crippen LogP contribution in [-0.2, 0) is 15.6 Å². The molecule has 0 aromatic carbocycles. The van der Waals surface area contributed by atoms with Crippen molar-refractivity contribution in [1.82, 2.24) is 10.6 Å². The minimum atomic E-state index is -0.841. The van der Waals surface area contributed by atoms with E-state index in [4.69, 9.17) is 5.11 Å². The second-order valence-corrected chi connectivity index (χ2v) is 5.77. The molecular weight excluding hydrogens is 256 g/mol. The summed E-state index contributed by atoms with van der Waals surface area (Å²) in [6.07, 6.45) is 3.64. The highest BCUT2D eigenvalue weighted by atomic mass is 32.2. The Morgan fingerprint density at radius 2 is 2.00 bits per heavy atom. The van der Waals surface area contributed by atoms with E-state index in [-0.39, 0.29) is 18.5 Å². The number of aliphatic carboxylic acids is 1. The third kappa shape index (κ3) is 11.4. The van der Waals surface area contributed by atoms with E-state index in [2.05, 4.69) is 10.6 Å². The van der Waals surface area contributed by atoms with E-state index in [9.17, 15) is 13.8 Å². The molecule has 0 saturated heterocycles. The lowest BCUT2D eigenvalue weighted by Crippen LogP contribution is -2.41. The molecule has 0 heterocycles. The van der Waals surface area contributed by atoms with Crippen molar-refractivity contribution >= 4 is 22.8 Å². The summed E-state index contributed by atoms with van der Waals surface area (Å²) in [5.74, 6) is -0.249. The van der Waals surface area contributed by atoms with Crippen molar-refractivity contribution in [3.8, 4) is 0 Å². The van der Waals surface area contributed by atoms with Crippen LogP contribution in [0.1, 0.15) is 32.6 Å². The Morgan fingerprint density at radius 1 is 1.33 bits per heavy atom. The summed E-state index contributed by atoms with van der Waals surface area (Å²) in [4.78, 5) is 21.6. The highest BCUT2D eigenvalue weighted by Crippen LogP contribution is 1.94. The first-order valence-electron chi connectivity index (χ1n) is 5.98. The van der Waals surface area contributed by atoms with Gasteiger partial charge in [0.2, 0.25) is 0 Å². The lowest BCUT2D eigenvalue weighted by molar-refractivity contribution is -0.137. The van der Waals surface area contributed by atoms with Gasteiger partial charge in [0.05, 0.1) is 0 Å². The van der Waals surface area contributed by atoms with Crippen molar-refractivity contribution in [2.45, 2.75) is 38.6 Å². The van der Waals surface area contributed by atoms with Crippen LogP contribution in [0.15, 0.2) is 0 Å². The summed E-state index contributed by atoms with van der Waals surface area (Å²) in [5, 5.41) is 13.8. The van der Waals surface area contributed by atoms with E-state index in [0.29, 0.717) is 31.6 Å². The Balaban J connectivity index is 3.52. The van der Waals surface area contributed by atoms with Gasteiger partial charge in [-0.15, -0.1) is 0 Å². The minimum absolute atomic E-state index is 0.0204. The maximum atomic E-state index is 11.4. The summed E-state index contributed by atoms with van der Waals surface area (Å²) >= 11 is 0. The van der Waals surface area contributed by atoms with Gasteiger partial charge in [0.25, 0.3) is 0 Å². The number of unbranched alkanes of at least 4 members (excludes halogenated alkanes) is 1. The van der Waals surface area contributed by atoms with E-state index < -0.39 is 16.8 Å². The first-order valence-corrected chi connectivity index (χ1v) is 7.70. The monoisotopic (exact) mass is 278 g/mol. The Morgan fingerprint density at radius 3 is 2.56 bits per heavy atom. The fourth-order valence-electron chi connectivity index (χ4n) is 1.29. The van der Waals surface area contributed by atoms with Gasteiger partial charge in [-0.1, -0.05) is 0 Å². The summed E-state index contributed by atoms with van der Waals surface area (Å²) in [6.45, 7) is 2.32. The minimum Gasteiger partial charge on any atom is -0.481 e. The van der Waals surface area contributed by atoms with Crippen LogP contribution in [-0.4, -0.2) is 45.9 Å². The van der Waals surface area contributed by atoms with Gasteiger partial charge < -0.3 is 15.7 Å². The van der Waals surface area contributed by atoms with Crippen molar-refractivity contribution in [2.24, 2.45) is 0 Å². The van der Waals surface area contributed by atoms with Gasteiger partial charge in [-0.2, -0.15) is 0 Å². The summed E-state index contributed by atoms with van der Waals surface area (Å²) in [5.41, 5.74) is 0. The number of carboxylic acid groups (broad SMARTS) is 1. The number of carbonyl (C=O) groups excluding carboxylic acids is 1. The molecular formula is C11H22N2O4S. The molecule has 6 nitrogen and oxygen atoms in total. The summed E-state index contributed by atoms with van der Waals surface area (Å²) < 4.78 is 10.9. The SMILES string of the molecule is CC(CCS(C)=O)NC(=O)NCCCCC(=O)O. The molecule has 7 heteroatoms. The average Bonchev–Trinajstić information content (AvgIpc) is 2.25. The zero-order valence-electron chi connectivity index (χ0n) is 10.9. The number of rotatable bonds is 9. The van der Waals surface area contributed by atoms with Gasteiger partial charge in [-0.05, 0) is 26.2 Å². The highest BCUT2D eigenvalue weighted by molar-refractivity contribution is 7.84. The van der Waals surface area contributed by atoms with Gasteiger partial charge in [0.1, 0.15) is 0 Å². The molecule has 2 atom stereocenters. The summed E-state index contributed by atoms with van der Waals surface area (Å²) in [7, 11) is -0.841. The second-order valence-electron chi connectivity index (χ2n) is 4.22. The van der Waals surface area contributed by atoms with Crippen LogP contribution in [0, 0.1) is 0 Å². The molecule has 0 rings (SSSR count). The quantitative estimate of drug-likeness (QED) is 0.541. The molecule has 2 amide bonds. The van der Waals surface area contributed by atoms with E-state index in [1.165, 1.54) is 0 Å². The van der Waals surface area contributed by atoms with Gasteiger partial charge in [0.15, 0.2) is 0 Å². The molecule has 0 aliphatic carbocycles. The second kappa shape index (κ2) is 9.87. The molecule has 0 saturated carbocycles. The number of hydrogen-bond acceptors (Lipinski definition) is 3. The highest BCUT2D eigenvalue weighted by Gasteiger charge is 2.07. The predicted molar refractivity (Wildman–Crippen MR) is 71.0 cm³/mol. The number of amides is 2. The Bertz CT molecular complexity index is 297. The van der Waals surface area contributed by atoms with Crippen LogP contribution < -0.4 is 10.6 Å². The van der Waals surface area contributed by atoms with Crippen LogP contribution in [0.4, 0.5) is 4.79 Å². The maximum Gasteiger partial charge on any atom is 0.314 e. The predicted octanol–water partition coefficient (Wildman–Crippen LogP) is 0.698. The fraction of sp³-hybridized carbons (Fsp3) is 0.818. The maximum absolute atomic E-state index is 11.4. The average molecular weight is 278 g/mol. The molecule has 0 radical (unpaired) electrons.